The van der Waals surface area contributed by atoms with Crippen LogP contribution in [0, 0.1) is 7.05 Å². The molecule has 0 saturated carbocycles. The monoisotopic (exact) mass is 138 g/mol. The van der Waals surface area contributed by atoms with E-state index in [1.165, 1.54) is 6.42 Å². The van der Waals surface area contributed by atoms with E-state index in [9.17, 15) is 4.79 Å². The number of amides is 1. The Kier molecular flexibility index (Phi) is 2.49. The third-order valence-corrected chi connectivity index (χ3v) is 1.74. The van der Waals surface area contributed by atoms with Gasteiger partial charge in [0.2, 0.25) is 5.91 Å². The zero-order chi connectivity index (χ0) is 7.40. The molecule has 0 saturated heterocycles. The van der Waals surface area contributed by atoms with Crippen molar-refractivity contribution in [2.45, 2.75) is 25.7 Å². The summed E-state index contributed by atoms with van der Waals surface area (Å²) in [6.07, 6.45) is 6.32. The van der Waals surface area contributed by atoms with Crippen molar-refractivity contribution in [1.29, 1.82) is 0 Å². The van der Waals surface area contributed by atoms with Gasteiger partial charge in [-0.2, -0.15) is 0 Å². The van der Waals surface area contributed by atoms with E-state index in [-0.39, 0.29) is 5.91 Å². The van der Waals surface area contributed by atoms with Crippen LogP contribution in [-0.4, -0.2) is 5.91 Å². The molecule has 2 heteroatoms. The number of carbonyl (C=O) groups excluding carboxylic acids is 1. The van der Waals surface area contributed by atoms with Gasteiger partial charge in [0, 0.05) is 12.6 Å². The summed E-state index contributed by atoms with van der Waals surface area (Å²) in [4.78, 5) is 10.9. The summed E-state index contributed by atoms with van der Waals surface area (Å²) in [5.74, 6) is -0.0142. The molecule has 0 unspecified atom stereocenters. The number of hydrogen-bond donors (Lipinski definition) is 1. The van der Waals surface area contributed by atoms with Crippen LogP contribution in [-0.2, 0) is 4.79 Å². The fourth-order valence-electron chi connectivity index (χ4n) is 1.16. The maximum Gasteiger partial charge on any atom is 0.246 e. The molecular formula is C8H12NO. The van der Waals surface area contributed by atoms with Crippen molar-refractivity contribution in [3.05, 3.63) is 18.7 Å². The van der Waals surface area contributed by atoms with Crippen LogP contribution in [0.5, 0.6) is 0 Å². The molecule has 1 radical (unpaired) electrons. The largest absolute Gasteiger partial charge is 0.351 e. The Hall–Kier alpha value is -0.790. The second-order valence-electron chi connectivity index (χ2n) is 2.48. The molecular weight excluding hydrogens is 126 g/mol. The molecule has 0 aliphatic heterocycles. The second-order valence-corrected chi connectivity index (χ2v) is 2.48. The molecule has 1 rings (SSSR count). The predicted octanol–water partition coefficient (Wildman–Crippen LogP) is 1.39. The minimum Gasteiger partial charge on any atom is -0.351 e. The molecule has 0 aromatic rings. The van der Waals surface area contributed by atoms with E-state index in [4.69, 9.17) is 0 Å². The van der Waals surface area contributed by atoms with Gasteiger partial charge in [-0.25, -0.2) is 0 Å². The molecule has 1 amide bonds. The fourth-order valence-corrected chi connectivity index (χ4v) is 1.16. The summed E-state index contributed by atoms with van der Waals surface area (Å²) < 4.78 is 0. The first-order valence-corrected chi connectivity index (χ1v) is 3.61. The molecule has 0 bridgehead atoms. The van der Waals surface area contributed by atoms with Gasteiger partial charge in [0.25, 0.3) is 0 Å². The van der Waals surface area contributed by atoms with Gasteiger partial charge in [-0.05, 0) is 25.7 Å². The van der Waals surface area contributed by atoms with Crippen molar-refractivity contribution >= 4 is 5.91 Å². The first-order valence-electron chi connectivity index (χ1n) is 3.61. The molecule has 2 nitrogen and oxygen atoms in total. The molecule has 1 aliphatic carbocycles. The van der Waals surface area contributed by atoms with E-state index < -0.39 is 0 Å². The molecule has 0 atom stereocenters. The van der Waals surface area contributed by atoms with Crippen molar-refractivity contribution in [2.75, 3.05) is 0 Å². The lowest BCUT2D eigenvalue weighted by atomic mass is 9.99. The van der Waals surface area contributed by atoms with Crippen LogP contribution in [0.25, 0.3) is 0 Å². The molecule has 0 fully saturated rings. The molecule has 0 aromatic carbocycles. The van der Waals surface area contributed by atoms with Crippen LogP contribution < -0.4 is 5.32 Å². The average molecular weight is 138 g/mol. The van der Waals surface area contributed by atoms with E-state index in [1.807, 2.05) is 6.08 Å². The van der Waals surface area contributed by atoms with Crippen LogP contribution in [0.1, 0.15) is 25.7 Å². The zero-order valence-electron chi connectivity index (χ0n) is 6.02. The number of nitrogens with one attached hydrogen (secondary N) is 1. The van der Waals surface area contributed by atoms with Gasteiger partial charge < -0.3 is 5.32 Å². The summed E-state index contributed by atoms with van der Waals surface area (Å²) >= 11 is 0. The zero-order valence-corrected chi connectivity index (χ0v) is 6.02. The van der Waals surface area contributed by atoms with Crippen molar-refractivity contribution in [3.8, 4) is 0 Å². The highest BCUT2D eigenvalue weighted by molar-refractivity contribution is 5.93. The third-order valence-electron chi connectivity index (χ3n) is 1.74. The Balaban J connectivity index is 2.53. The van der Waals surface area contributed by atoms with Crippen LogP contribution in [0.15, 0.2) is 11.6 Å². The maximum absolute atomic E-state index is 10.9. The fraction of sp³-hybridized carbons (Fsp3) is 0.500. The summed E-state index contributed by atoms with van der Waals surface area (Å²) in [7, 11) is 3.32. The van der Waals surface area contributed by atoms with E-state index in [0.29, 0.717) is 0 Å². The van der Waals surface area contributed by atoms with Crippen molar-refractivity contribution < 1.29 is 4.79 Å². The average Bonchev–Trinajstić information content (AvgIpc) is 2.05. The minimum absolute atomic E-state index is 0.0142. The van der Waals surface area contributed by atoms with Gasteiger partial charge in [-0.15, -0.1) is 0 Å². The number of allylic oxidation sites excluding steroid dienone is 1. The summed E-state index contributed by atoms with van der Waals surface area (Å²) in [5, 5.41) is 2.38. The minimum atomic E-state index is -0.0142. The summed E-state index contributed by atoms with van der Waals surface area (Å²) in [5.41, 5.74) is 0.904. The lowest BCUT2D eigenvalue weighted by Gasteiger charge is -2.09. The standard InChI is InChI=1S/C8H12NO/c1-9-8(10)7-5-3-2-4-6-7/h5H,1-4,6H2,(H,9,10). The smallest absolute Gasteiger partial charge is 0.246 e. The van der Waals surface area contributed by atoms with E-state index >= 15 is 0 Å². The Morgan fingerprint density at radius 2 is 2.40 bits per heavy atom. The van der Waals surface area contributed by atoms with Gasteiger partial charge in [0.05, 0.1) is 0 Å². The first kappa shape index (κ1) is 7.32. The van der Waals surface area contributed by atoms with E-state index in [1.54, 1.807) is 0 Å². The maximum atomic E-state index is 10.9. The third kappa shape index (κ3) is 1.59. The molecule has 0 aromatic heterocycles. The van der Waals surface area contributed by atoms with Crippen molar-refractivity contribution in [1.82, 2.24) is 5.32 Å². The molecule has 0 spiro atoms. The van der Waals surface area contributed by atoms with Crippen LogP contribution in [0.4, 0.5) is 0 Å². The Morgan fingerprint density at radius 1 is 1.60 bits per heavy atom. The molecule has 0 heterocycles. The van der Waals surface area contributed by atoms with Crippen molar-refractivity contribution in [3.63, 3.8) is 0 Å². The quantitative estimate of drug-likeness (QED) is 0.583. The Bertz CT molecular complexity index is 161. The number of carbonyl (C=O) groups is 1. The molecule has 1 N–H and O–H groups in total. The van der Waals surface area contributed by atoms with Crippen LogP contribution in [0.3, 0.4) is 0 Å². The molecule has 1 aliphatic rings. The van der Waals surface area contributed by atoms with E-state index in [0.717, 1.165) is 24.8 Å². The summed E-state index contributed by atoms with van der Waals surface area (Å²) in [6, 6.07) is 0. The summed E-state index contributed by atoms with van der Waals surface area (Å²) in [6.45, 7) is 0. The molecule has 55 valence electrons. The molecule has 10 heavy (non-hydrogen) atoms. The van der Waals surface area contributed by atoms with Gasteiger partial charge in [-0.1, -0.05) is 6.08 Å². The highest BCUT2D eigenvalue weighted by atomic mass is 16.1. The van der Waals surface area contributed by atoms with Crippen LogP contribution in [0.2, 0.25) is 0 Å². The SMILES string of the molecule is [CH2]NC(=O)C1=CCCCC1. The highest BCUT2D eigenvalue weighted by Gasteiger charge is 2.09. The Labute approximate surface area is 61.3 Å². The van der Waals surface area contributed by atoms with Gasteiger partial charge in [0.15, 0.2) is 0 Å². The van der Waals surface area contributed by atoms with Gasteiger partial charge in [-0.3, -0.25) is 4.79 Å². The van der Waals surface area contributed by atoms with Crippen molar-refractivity contribution in [2.24, 2.45) is 0 Å². The van der Waals surface area contributed by atoms with Crippen LogP contribution >= 0.6 is 0 Å². The van der Waals surface area contributed by atoms with Gasteiger partial charge in [0.1, 0.15) is 0 Å². The van der Waals surface area contributed by atoms with Gasteiger partial charge >= 0.3 is 0 Å². The predicted molar refractivity (Wildman–Crippen MR) is 40.1 cm³/mol. The topological polar surface area (TPSA) is 29.1 Å². The lowest BCUT2D eigenvalue weighted by Crippen LogP contribution is -2.18. The Morgan fingerprint density at radius 3 is 2.90 bits per heavy atom. The number of hydrogen-bond acceptors (Lipinski definition) is 1. The first-order chi connectivity index (χ1) is 4.84. The van der Waals surface area contributed by atoms with E-state index in [2.05, 4.69) is 12.4 Å². The highest BCUT2D eigenvalue weighted by Crippen LogP contribution is 2.16. The second kappa shape index (κ2) is 3.40. The number of rotatable bonds is 1. The normalized spacial score (nSPS) is 17.9. The lowest BCUT2D eigenvalue weighted by molar-refractivity contribution is -0.116.